The van der Waals surface area contributed by atoms with Crippen LogP contribution >= 0.6 is 23.2 Å². The van der Waals surface area contributed by atoms with Gasteiger partial charge in [0.05, 0.1) is 13.2 Å². The first-order valence-corrected chi connectivity index (χ1v) is 9.24. The molecule has 0 radical (unpaired) electrons. The fourth-order valence-corrected chi connectivity index (χ4v) is 3.60. The Hall–Kier alpha value is -1.06. The van der Waals surface area contributed by atoms with Crippen molar-refractivity contribution in [3.05, 3.63) is 58.1 Å². The molecule has 2 aromatic carbocycles. The number of morpholine rings is 1. The van der Waals surface area contributed by atoms with Crippen molar-refractivity contribution in [3.63, 3.8) is 0 Å². The summed E-state index contributed by atoms with van der Waals surface area (Å²) in [6.45, 7) is 7.28. The molecule has 128 valence electrons. The highest BCUT2D eigenvalue weighted by Gasteiger charge is 2.13. The minimum Gasteiger partial charge on any atom is -0.379 e. The SMILES string of the molecule is CC(CCN1CCOCC1)c1ccc(-c2ccc(Cl)cc2Cl)cc1. The smallest absolute Gasteiger partial charge is 0.0594 e. The predicted molar refractivity (Wildman–Crippen MR) is 102 cm³/mol. The molecule has 2 nitrogen and oxygen atoms in total. The number of rotatable bonds is 5. The first-order chi connectivity index (χ1) is 11.6. The topological polar surface area (TPSA) is 12.5 Å². The summed E-state index contributed by atoms with van der Waals surface area (Å²) in [5.41, 5.74) is 3.52. The first kappa shape index (κ1) is 17.8. The largest absolute Gasteiger partial charge is 0.379 e. The van der Waals surface area contributed by atoms with Crippen LogP contribution < -0.4 is 0 Å². The van der Waals surface area contributed by atoms with Crippen molar-refractivity contribution in [3.8, 4) is 11.1 Å². The second-order valence-corrected chi connectivity index (χ2v) is 7.23. The summed E-state index contributed by atoms with van der Waals surface area (Å²) in [7, 11) is 0. The van der Waals surface area contributed by atoms with Crippen LogP contribution in [0.1, 0.15) is 24.8 Å². The van der Waals surface area contributed by atoms with Gasteiger partial charge in [-0.1, -0.05) is 60.5 Å². The molecule has 1 fully saturated rings. The van der Waals surface area contributed by atoms with Gasteiger partial charge in [-0.3, -0.25) is 4.90 Å². The molecule has 0 N–H and O–H groups in total. The highest BCUT2D eigenvalue weighted by atomic mass is 35.5. The van der Waals surface area contributed by atoms with Crippen molar-refractivity contribution in [1.29, 1.82) is 0 Å². The van der Waals surface area contributed by atoms with Gasteiger partial charge in [0.2, 0.25) is 0 Å². The number of halogens is 2. The van der Waals surface area contributed by atoms with E-state index in [9.17, 15) is 0 Å². The van der Waals surface area contributed by atoms with Gasteiger partial charge in [-0.05, 0) is 42.1 Å². The Morgan fingerprint density at radius 2 is 1.75 bits per heavy atom. The van der Waals surface area contributed by atoms with Gasteiger partial charge in [-0.15, -0.1) is 0 Å². The minimum atomic E-state index is 0.544. The first-order valence-electron chi connectivity index (χ1n) is 8.49. The molecule has 0 spiro atoms. The van der Waals surface area contributed by atoms with Crippen molar-refractivity contribution in [2.45, 2.75) is 19.3 Å². The fourth-order valence-electron chi connectivity index (χ4n) is 3.08. The van der Waals surface area contributed by atoms with E-state index in [4.69, 9.17) is 27.9 Å². The van der Waals surface area contributed by atoms with Crippen LogP contribution in [0.5, 0.6) is 0 Å². The minimum absolute atomic E-state index is 0.544. The fraction of sp³-hybridized carbons (Fsp3) is 0.400. The van der Waals surface area contributed by atoms with Crippen LogP contribution in [0.25, 0.3) is 11.1 Å². The summed E-state index contributed by atoms with van der Waals surface area (Å²) in [6, 6.07) is 14.4. The van der Waals surface area contributed by atoms with Crippen molar-refractivity contribution in [2.75, 3.05) is 32.8 Å². The average Bonchev–Trinajstić information content (AvgIpc) is 2.61. The molecule has 0 aromatic heterocycles. The third-order valence-electron chi connectivity index (χ3n) is 4.70. The third-order valence-corrected chi connectivity index (χ3v) is 5.25. The Labute approximate surface area is 154 Å². The summed E-state index contributed by atoms with van der Waals surface area (Å²) >= 11 is 12.3. The van der Waals surface area contributed by atoms with E-state index in [1.165, 1.54) is 12.0 Å². The molecule has 0 amide bonds. The zero-order valence-electron chi connectivity index (χ0n) is 14.0. The van der Waals surface area contributed by atoms with Gasteiger partial charge >= 0.3 is 0 Å². The normalized spacial score (nSPS) is 17.0. The summed E-state index contributed by atoms with van der Waals surface area (Å²) in [6.07, 6.45) is 1.17. The number of hydrogen-bond donors (Lipinski definition) is 0. The van der Waals surface area contributed by atoms with Crippen LogP contribution in [0.2, 0.25) is 10.0 Å². The molecule has 4 heteroatoms. The number of benzene rings is 2. The summed E-state index contributed by atoms with van der Waals surface area (Å²) in [5, 5.41) is 1.35. The standard InChI is InChI=1S/C20H23Cl2NO/c1-15(8-9-23-10-12-24-13-11-23)16-2-4-17(5-3-16)19-7-6-18(21)14-20(19)22/h2-7,14-15H,8-13H2,1H3. The van der Waals surface area contributed by atoms with Crippen LogP contribution in [0, 0.1) is 0 Å². The Morgan fingerprint density at radius 1 is 1.04 bits per heavy atom. The lowest BCUT2D eigenvalue weighted by atomic mass is 9.95. The third kappa shape index (κ3) is 4.52. The lowest BCUT2D eigenvalue weighted by molar-refractivity contribution is 0.0367. The van der Waals surface area contributed by atoms with Crippen molar-refractivity contribution < 1.29 is 4.74 Å². The van der Waals surface area contributed by atoms with Crippen molar-refractivity contribution >= 4 is 23.2 Å². The molecule has 0 bridgehead atoms. The number of ether oxygens (including phenoxy) is 1. The summed E-state index contributed by atoms with van der Waals surface area (Å²) in [5.74, 6) is 0.544. The van der Waals surface area contributed by atoms with Crippen LogP contribution in [0.3, 0.4) is 0 Å². The van der Waals surface area contributed by atoms with E-state index in [2.05, 4.69) is 36.1 Å². The van der Waals surface area contributed by atoms with E-state index in [0.717, 1.165) is 44.0 Å². The molecule has 1 aliphatic heterocycles. The maximum atomic E-state index is 6.30. The number of nitrogens with zero attached hydrogens (tertiary/aromatic N) is 1. The molecule has 1 atom stereocenters. The Morgan fingerprint density at radius 3 is 2.42 bits per heavy atom. The molecular formula is C20H23Cl2NO. The van der Waals surface area contributed by atoms with E-state index >= 15 is 0 Å². The molecule has 1 aliphatic rings. The highest BCUT2D eigenvalue weighted by Crippen LogP contribution is 2.31. The summed E-state index contributed by atoms with van der Waals surface area (Å²) in [4.78, 5) is 2.49. The van der Waals surface area contributed by atoms with Crippen molar-refractivity contribution in [2.24, 2.45) is 0 Å². The molecular weight excluding hydrogens is 341 g/mol. The van der Waals surface area contributed by atoms with Crippen molar-refractivity contribution in [1.82, 2.24) is 4.90 Å². The molecule has 2 aromatic rings. The van der Waals surface area contributed by atoms with E-state index in [-0.39, 0.29) is 0 Å². The number of hydrogen-bond acceptors (Lipinski definition) is 2. The zero-order chi connectivity index (χ0) is 16.9. The predicted octanol–water partition coefficient (Wildman–Crippen LogP) is 5.49. The van der Waals surface area contributed by atoms with E-state index in [0.29, 0.717) is 16.0 Å². The van der Waals surface area contributed by atoms with Crippen LogP contribution in [0.15, 0.2) is 42.5 Å². The Balaban J connectivity index is 1.62. The zero-order valence-corrected chi connectivity index (χ0v) is 15.5. The van der Waals surface area contributed by atoms with Gasteiger partial charge in [0.15, 0.2) is 0 Å². The average molecular weight is 364 g/mol. The van der Waals surface area contributed by atoms with E-state index < -0.39 is 0 Å². The van der Waals surface area contributed by atoms with Gasteiger partial charge < -0.3 is 4.74 Å². The summed E-state index contributed by atoms with van der Waals surface area (Å²) < 4.78 is 5.40. The van der Waals surface area contributed by atoms with Gasteiger partial charge in [0.1, 0.15) is 0 Å². The molecule has 1 unspecified atom stereocenters. The Kier molecular flexibility index (Phi) is 6.18. The maximum absolute atomic E-state index is 6.30. The quantitative estimate of drug-likeness (QED) is 0.696. The molecule has 0 saturated carbocycles. The van der Waals surface area contributed by atoms with E-state index in [1.54, 1.807) is 6.07 Å². The maximum Gasteiger partial charge on any atom is 0.0594 e. The van der Waals surface area contributed by atoms with Crippen LogP contribution in [-0.4, -0.2) is 37.7 Å². The lowest BCUT2D eigenvalue weighted by Gasteiger charge is -2.27. The second-order valence-electron chi connectivity index (χ2n) is 6.39. The second kappa shape index (κ2) is 8.35. The van der Waals surface area contributed by atoms with Gasteiger partial charge in [0.25, 0.3) is 0 Å². The molecule has 1 saturated heterocycles. The Bertz CT molecular complexity index is 666. The van der Waals surface area contributed by atoms with Gasteiger partial charge in [0, 0.05) is 28.7 Å². The molecule has 0 aliphatic carbocycles. The molecule has 3 rings (SSSR count). The molecule has 1 heterocycles. The highest BCUT2D eigenvalue weighted by molar-refractivity contribution is 6.36. The monoisotopic (exact) mass is 363 g/mol. The van der Waals surface area contributed by atoms with Gasteiger partial charge in [-0.25, -0.2) is 0 Å². The van der Waals surface area contributed by atoms with Crippen LogP contribution in [0.4, 0.5) is 0 Å². The van der Waals surface area contributed by atoms with Crippen LogP contribution in [-0.2, 0) is 4.74 Å². The van der Waals surface area contributed by atoms with E-state index in [1.807, 2.05) is 12.1 Å². The lowest BCUT2D eigenvalue weighted by Crippen LogP contribution is -2.37. The van der Waals surface area contributed by atoms with Gasteiger partial charge in [-0.2, -0.15) is 0 Å². The molecule has 24 heavy (non-hydrogen) atoms.